The van der Waals surface area contributed by atoms with Gasteiger partial charge in [-0.05, 0) is 65.7 Å². The summed E-state index contributed by atoms with van der Waals surface area (Å²) in [5, 5.41) is 20.7. The Kier molecular flexibility index (Phi) is 8.83. The SMILES string of the molecule is COc1ccc(C(O)=C2C(=O)C(=O)N(c3nnc(SCc4ccc(Cl)cc4)s3)[C@@H]2c2cccc(Oc3ccccc3)c2)cc1F. The van der Waals surface area contributed by atoms with Crippen molar-refractivity contribution in [3.63, 3.8) is 0 Å². The number of thioether (sulfide) groups is 1. The maximum absolute atomic E-state index is 14.6. The maximum Gasteiger partial charge on any atom is 0.301 e. The molecule has 4 aromatic carbocycles. The second kappa shape index (κ2) is 13.1. The van der Waals surface area contributed by atoms with E-state index in [0.717, 1.165) is 23.0 Å². The van der Waals surface area contributed by atoms with Crippen molar-refractivity contribution in [3.05, 3.63) is 130 Å². The van der Waals surface area contributed by atoms with Crippen LogP contribution in [0.3, 0.4) is 0 Å². The lowest BCUT2D eigenvalue weighted by Gasteiger charge is -2.23. The first-order chi connectivity index (χ1) is 21.8. The van der Waals surface area contributed by atoms with Gasteiger partial charge in [-0.15, -0.1) is 10.2 Å². The third-order valence-electron chi connectivity index (χ3n) is 6.90. The molecular weight excluding hydrogens is 637 g/mol. The zero-order chi connectivity index (χ0) is 31.5. The number of carbonyl (C=O) groups excluding carboxylic acids is 2. The number of hydrogen-bond donors (Lipinski definition) is 1. The van der Waals surface area contributed by atoms with Crippen LogP contribution in [0, 0.1) is 5.82 Å². The summed E-state index contributed by atoms with van der Waals surface area (Å²) in [7, 11) is 1.32. The number of carbonyl (C=O) groups is 2. The van der Waals surface area contributed by atoms with E-state index in [2.05, 4.69) is 10.2 Å². The lowest BCUT2D eigenvalue weighted by atomic mass is 9.95. The largest absolute Gasteiger partial charge is 0.507 e. The number of aliphatic hydroxyl groups is 1. The number of para-hydroxylation sites is 1. The van der Waals surface area contributed by atoms with Gasteiger partial charge in [-0.25, -0.2) is 4.39 Å². The smallest absolute Gasteiger partial charge is 0.301 e. The fraction of sp³-hybridized carbons (Fsp3) is 0.0909. The Morgan fingerprint density at radius 3 is 2.47 bits per heavy atom. The normalized spacial score (nSPS) is 15.8. The molecule has 1 saturated heterocycles. The van der Waals surface area contributed by atoms with E-state index in [0.29, 0.717) is 32.2 Å². The average molecular weight is 660 g/mol. The second-order valence-corrected chi connectivity index (χ2v) is 12.4. The van der Waals surface area contributed by atoms with E-state index in [9.17, 15) is 19.1 Å². The predicted molar refractivity (Wildman–Crippen MR) is 172 cm³/mol. The van der Waals surface area contributed by atoms with Crippen molar-refractivity contribution in [2.45, 2.75) is 16.1 Å². The number of hydrogen-bond acceptors (Lipinski definition) is 9. The van der Waals surface area contributed by atoms with Gasteiger partial charge < -0.3 is 14.6 Å². The molecule has 0 unspecified atom stereocenters. The fourth-order valence-electron chi connectivity index (χ4n) is 4.77. The predicted octanol–water partition coefficient (Wildman–Crippen LogP) is 8.05. The van der Waals surface area contributed by atoms with Crippen molar-refractivity contribution in [3.8, 4) is 17.2 Å². The first-order valence-corrected chi connectivity index (χ1v) is 15.7. The quantitative estimate of drug-likeness (QED) is 0.0558. The number of amides is 1. The number of methoxy groups -OCH3 is 1. The van der Waals surface area contributed by atoms with Gasteiger partial charge in [-0.1, -0.05) is 77.2 Å². The molecule has 0 bridgehead atoms. The summed E-state index contributed by atoms with van der Waals surface area (Å²) in [5.41, 5.74) is 1.25. The number of nitrogens with zero attached hydrogens (tertiary/aromatic N) is 3. The molecule has 1 atom stereocenters. The Bertz CT molecular complexity index is 1920. The van der Waals surface area contributed by atoms with E-state index in [4.69, 9.17) is 21.1 Å². The highest BCUT2D eigenvalue weighted by atomic mass is 35.5. The summed E-state index contributed by atoms with van der Waals surface area (Å²) in [6.45, 7) is 0. The molecule has 8 nitrogen and oxygen atoms in total. The Morgan fingerprint density at radius 2 is 1.73 bits per heavy atom. The van der Waals surface area contributed by atoms with Crippen LogP contribution in [0.1, 0.15) is 22.7 Å². The van der Waals surface area contributed by atoms with E-state index in [1.165, 1.54) is 35.9 Å². The standard InChI is InChI=1S/C33H23ClFN3O5S2/c1-42-26-15-12-21(17-25(26)35)29(39)27-28(20-6-5-9-24(16-20)43-23-7-3-2-4-8-23)38(31(41)30(27)40)32-36-37-33(45-32)44-18-19-10-13-22(34)14-11-19/h2-17,28,39H,18H2,1H3/t28-/m1/s1. The zero-order valence-corrected chi connectivity index (χ0v) is 25.9. The summed E-state index contributed by atoms with van der Waals surface area (Å²) in [6, 6.07) is 26.0. The molecule has 1 aliphatic rings. The van der Waals surface area contributed by atoms with Crippen LogP contribution in [-0.4, -0.2) is 34.1 Å². The molecule has 1 amide bonds. The van der Waals surface area contributed by atoms with Crippen LogP contribution >= 0.6 is 34.7 Å². The molecule has 5 aromatic rings. The molecule has 2 heterocycles. The summed E-state index contributed by atoms with van der Waals surface area (Å²) in [6.07, 6.45) is 0. The number of aliphatic hydroxyl groups excluding tert-OH is 1. The molecule has 1 N–H and O–H groups in total. The summed E-state index contributed by atoms with van der Waals surface area (Å²) in [4.78, 5) is 28.4. The third kappa shape index (κ3) is 6.41. The summed E-state index contributed by atoms with van der Waals surface area (Å²) in [5.74, 6) is -1.57. The monoisotopic (exact) mass is 659 g/mol. The van der Waals surface area contributed by atoms with Crippen LogP contribution in [0.25, 0.3) is 5.76 Å². The van der Waals surface area contributed by atoms with E-state index in [1.54, 1.807) is 48.5 Å². The minimum Gasteiger partial charge on any atom is -0.507 e. The van der Waals surface area contributed by atoms with E-state index >= 15 is 0 Å². The number of ether oxygens (including phenoxy) is 2. The molecule has 226 valence electrons. The van der Waals surface area contributed by atoms with Gasteiger partial charge in [-0.2, -0.15) is 0 Å². The molecule has 0 aliphatic carbocycles. The lowest BCUT2D eigenvalue weighted by Crippen LogP contribution is -2.29. The number of benzene rings is 4. The molecule has 1 aromatic heterocycles. The van der Waals surface area contributed by atoms with Gasteiger partial charge in [0.25, 0.3) is 5.78 Å². The van der Waals surface area contributed by atoms with Gasteiger partial charge in [-0.3, -0.25) is 14.5 Å². The Labute approximate surface area is 270 Å². The van der Waals surface area contributed by atoms with Gasteiger partial charge in [0.15, 0.2) is 15.9 Å². The van der Waals surface area contributed by atoms with Crippen molar-refractivity contribution < 1.29 is 28.6 Å². The molecule has 1 fully saturated rings. The number of rotatable bonds is 9. The van der Waals surface area contributed by atoms with Gasteiger partial charge >= 0.3 is 5.91 Å². The maximum atomic E-state index is 14.6. The number of Topliss-reactive ketones (excluding diaryl/α,β-unsaturated/α-hetero) is 1. The molecule has 0 spiro atoms. The Morgan fingerprint density at radius 1 is 0.978 bits per heavy atom. The van der Waals surface area contributed by atoms with Crippen LogP contribution < -0.4 is 14.4 Å². The molecular formula is C33H23ClFN3O5S2. The van der Waals surface area contributed by atoms with Crippen LogP contribution in [-0.2, 0) is 15.3 Å². The van der Waals surface area contributed by atoms with Crippen molar-refractivity contribution in [1.82, 2.24) is 10.2 Å². The molecule has 1 aliphatic heterocycles. The van der Waals surface area contributed by atoms with Crippen molar-refractivity contribution in [1.29, 1.82) is 0 Å². The highest BCUT2D eigenvalue weighted by Gasteiger charge is 2.48. The van der Waals surface area contributed by atoms with Crippen molar-refractivity contribution in [2.24, 2.45) is 0 Å². The van der Waals surface area contributed by atoms with Crippen LogP contribution in [0.5, 0.6) is 17.2 Å². The van der Waals surface area contributed by atoms with E-state index in [-0.39, 0.29) is 22.0 Å². The topological polar surface area (TPSA) is 102 Å². The minimum atomic E-state index is -1.11. The number of ketones is 1. The molecule has 12 heteroatoms. The van der Waals surface area contributed by atoms with Gasteiger partial charge in [0.05, 0.1) is 18.7 Å². The van der Waals surface area contributed by atoms with E-state index < -0.39 is 29.3 Å². The lowest BCUT2D eigenvalue weighted by molar-refractivity contribution is -0.132. The average Bonchev–Trinajstić information content (AvgIpc) is 3.62. The number of halogens is 2. The summed E-state index contributed by atoms with van der Waals surface area (Å²) >= 11 is 8.54. The van der Waals surface area contributed by atoms with Crippen LogP contribution in [0.4, 0.5) is 9.52 Å². The van der Waals surface area contributed by atoms with E-state index in [1.807, 2.05) is 30.3 Å². The van der Waals surface area contributed by atoms with Gasteiger partial charge in [0.2, 0.25) is 5.13 Å². The highest BCUT2D eigenvalue weighted by molar-refractivity contribution is 8.00. The van der Waals surface area contributed by atoms with Crippen molar-refractivity contribution in [2.75, 3.05) is 12.0 Å². The zero-order valence-electron chi connectivity index (χ0n) is 23.5. The first-order valence-electron chi connectivity index (χ1n) is 13.5. The second-order valence-electron chi connectivity index (χ2n) is 9.77. The molecule has 0 saturated carbocycles. The molecule has 6 rings (SSSR count). The molecule has 0 radical (unpaired) electrons. The third-order valence-corrected chi connectivity index (χ3v) is 9.28. The Hall–Kier alpha value is -4.71. The van der Waals surface area contributed by atoms with Gasteiger partial charge in [0, 0.05) is 16.3 Å². The van der Waals surface area contributed by atoms with Gasteiger partial charge in [0.1, 0.15) is 17.3 Å². The minimum absolute atomic E-state index is 0.00413. The highest BCUT2D eigenvalue weighted by Crippen LogP contribution is 2.45. The van der Waals surface area contributed by atoms with Crippen LogP contribution in [0.15, 0.2) is 107 Å². The Balaban J connectivity index is 1.40. The number of aromatic nitrogens is 2. The molecule has 45 heavy (non-hydrogen) atoms. The number of anilines is 1. The van der Waals surface area contributed by atoms with Crippen LogP contribution in [0.2, 0.25) is 5.02 Å². The fourth-order valence-corrected chi connectivity index (χ4v) is 6.72. The summed E-state index contributed by atoms with van der Waals surface area (Å²) < 4.78 is 26.2. The first kappa shape index (κ1) is 30.3. The van der Waals surface area contributed by atoms with Crippen molar-refractivity contribution >= 4 is 57.3 Å².